The summed E-state index contributed by atoms with van der Waals surface area (Å²) in [6, 6.07) is 0. The number of rotatable bonds is 0. The molecule has 3 heteroatoms. The van der Waals surface area contributed by atoms with Crippen molar-refractivity contribution in [2.45, 2.75) is 0 Å². The fourth-order valence-corrected chi connectivity index (χ4v) is 0.460. The maximum atomic E-state index is 4.66. The molecule has 0 amide bonds. The van der Waals surface area contributed by atoms with Crippen LogP contribution < -0.4 is 4.99 Å². The summed E-state index contributed by atoms with van der Waals surface area (Å²) in [5, 5.41) is 0. The molecule has 2 nitrogen and oxygen atoms in total. The SMILES string of the molecule is C1=COSC=[N+]1. The fraction of sp³-hybridized carbons (Fsp3) is 0. The average Bonchev–Trinajstić information content (AvgIpc) is 1.72. The van der Waals surface area contributed by atoms with Crippen LogP contribution in [-0.2, 0) is 4.18 Å². The van der Waals surface area contributed by atoms with Crippen molar-refractivity contribution in [3.63, 3.8) is 0 Å². The summed E-state index contributed by atoms with van der Waals surface area (Å²) < 4.78 is 4.66. The van der Waals surface area contributed by atoms with E-state index < -0.39 is 0 Å². The first kappa shape index (κ1) is 3.74. The molecule has 1 heterocycles. The molecule has 1 rings (SSSR count). The number of nitrogens with zero attached hydrogens (tertiary/aromatic N) is 1. The van der Waals surface area contributed by atoms with Gasteiger partial charge in [-0.05, 0) is 0 Å². The summed E-state index contributed by atoms with van der Waals surface area (Å²) >= 11 is 1.22. The third-order valence-corrected chi connectivity index (χ3v) is 0.792. The van der Waals surface area contributed by atoms with E-state index in [-0.39, 0.29) is 0 Å². The summed E-state index contributed by atoms with van der Waals surface area (Å²) in [6.45, 7) is 0. The third-order valence-electron chi connectivity index (χ3n) is 0.362. The minimum Gasteiger partial charge on any atom is -0.417 e. The molecule has 0 spiro atoms. The van der Waals surface area contributed by atoms with Crippen molar-refractivity contribution in [3.05, 3.63) is 12.5 Å². The standard InChI is InChI=1S/C3H3NOS/c1-2-5-6-3-4-1/h1-3H/q+1. The van der Waals surface area contributed by atoms with Crippen LogP contribution in [0.5, 0.6) is 0 Å². The lowest BCUT2D eigenvalue weighted by Crippen LogP contribution is -1.82. The molecule has 6 heavy (non-hydrogen) atoms. The first-order chi connectivity index (χ1) is 3.00. The van der Waals surface area contributed by atoms with Gasteiger partial charge in [0.2, 0.25) is 0 Å². The molecule has 0 aromatic rings. The number of hydrogen-bond acceptors (Lipinski definition) is 3. The predicted octanol–water partition coefficient (Wildman–Crippen LogP) is 0.500. The van der Waals surface area contributed by atoms with Gasteiger partial charge in [0.1, 0.15) is 0 Å². The highest BCUT2D eigenvalue weighted by molar-refractivity contribution is 8.08. The summed E-state index contributed by atoms with van der Waals surface area (Å²) in [7, 11) is 0. The number of hydrogen-bond donors (Lipinski definition) is 0. The molecule has 0 fully saturated rings. The van der Waals surface area contributed by atoms with Crippen LogP contribution >= 0.6 is 12.0 Å². The second kappa shape index (κ2) is 1.87. The van der Waals surface area contributed by atoms with Gasteiger partial charge in [0.05, 0.1) is 4.99 Å². The van der Waals surface area contributed by atoms with Gasteiger partial charge in [-0.15, -0.1) is 0 Å². The lowest BCUT2D eigenvalue weighted by molar-refractivity contribution is 0.567. The van der Waals surface area contributed by atoms with Crippen molar-refractivity contribution in [3.8, 4) is 0 Å². The Hall–Kier alpha value is -0.440. The van der Waals surface area contributed by atoms with Gasteiger partial charge in [0.25, 0.3) is 6.20 Å². The molecule has 1 radical (unpaired) electrons. The van der Waals surface area contributed by atoms with Crippen LogP contribution in [0.25, 0.3) is 0 Å². The third kappa shape index (κ3) is 0.755. The summed E-state index contributed by atoms with van der Waals surface area (Å²) in [5.41, 5.74) is 1.62. The van der Waals surface area contributed by atoms with E-state index >= 15 is 0 Å². The van der Waals surface area contributed by atoms with Gasteiger partial charge >= 0.3 is 5.55 Å². The van der Waals surface area contributed by atoms with Gasteiger partial charge in [-0.2, -0.15) is 0 Å². The Balaban J connectivity index is 2.46. The Bertz CT molecular complexity index is 76.8. The highest BCUT2D eigenvalue weighted by Crippen LogP contribution is 1.97. The van der Waals surface area contributed by atoms with E-state index in [4.69, 9.17) is 0 Å². The van der Waals surface area contributed by atoms with Crippen LogP contribution in [0.3, 0.4) is 0 Å². The molecule has 0 bridgehead atoms. The minimum atomic E-state index is 1.22. The second-order valence-electron chi connectivity index (χ2n) is 0.732. The lowest BCUT2D eigenvalue weighted by atomic mass is 11.0. The van der Waals surface area contributed by atoms with Crippen LogP contribution in [0.2, 0.25) is 0 Å². The Morgan fingerprint density at radius 1 is 1.67 bits per heavy atom. The summed E-state index contributed by atoms with van der Waals surface area (Å²) in [4.78, 5) is 3.71. The lowest BCUT2D eigenvalue weighted by Gasteiger charge is -1.82. The topological polar surface area (TPSA) is 23.3 Å². The fourth-order valence-electron chi connectivity index (χ4n) is 0.177. The molecular weight excluding hydrogens is 98.1 g/mol. The normalized spacial score (nSPS) is 17.3. The van der Waals surface area contributed by atoms with Gasteiger partial charge < -0.3 is 4.18 Å². The largest absolute Gasteiger partial charge is 0.417 e. The molecule has 0 N–H and O–H groups in total. The quantitative estimate of drug-likeness (QED) is 0.415. The van der Waals surface area contributed by atoms with E-state index in [9.17, 15) is 0 Å². The highest BCUT2D eigenvalue weighted by atomic mass is 32.2. The number of aliphatic imine (C=N–C) groups is 1. The first-order valence-electron chi connectivity index (χ1n) is 1.49. The Morgan fingerprint density at radius 3 is 2.83 bits per heavy atom. The molecular formula is C3H3NOS+. The van der Waals surface area contributed by atoms with Crippen molar-refractivity contribution in [1.82, 2.24) is 4.99 Å². The first-order valence-corrected chi connectivity index (χ1v) is 2.29. The summed E-state index contributed by atoms with van der Waals surface area (Å²) in [5.74, 6) is 0. The Morgan fingerprint density at radius 2 is 2.67 bits per heavy atom. The van der Waals surface area contributed by atoms with Gasteiger partial charge in [-0.1, -0.05) is 0 Å². The van der Waals surface area contributed by atoms with E-state index in [0.29, 0.717) is 0 Å². The van der Waals surface area contributed by atoms with Crippen molar-refractivity contribution in [1.29, 1.82) is 0 Å². The maximum Gasteiger partial charge on any atom is 0.314 e. The van der Waals surface area contributed by atoms with Crippen molar-refractivity contribution >= 4 is 17.6 Å². The summed E-state index contributed by atoms with van der Waals surface area (Å²) in [6.07, 6.45) is 3.13. The molecule has 1 aliphatic rings. The van der Waals surface area contributed by atoms with E-state index in [1.54, 1.807) is 11.7 Å². The minimum absolute atomic E-state index is 1.22. The Labute approximate surface area is 40.1 Å². The van der Waals surface area contributed by atoms with Crippen molar-refractivity contribution in [2.75, 3.05) is 0 Å². The van der Waals surface area contributed by atoms with E-state index in [1.807, 2.05) is 0 Å². The van der Waals surface area contributed by atoms with Gasteiger partial charge in [0.15, 0.2) is 18.3 Å². The molecule has 0 saturated carbocycles. The Kier molecular flexibility index (Phi) is 1.17. The molecule has 0 unspecified atom stereocenters. The monoisotopic (exact) mass is 101 g/mol. The van der Waals surface area contributed by atoms with Crippen molar-refractivity contribution in [2.24, 2.45) is 0 Å². The zero-order valence-corrected chi connectivity index (χ0v) is 3.81. The smallest absolute Gasteiger partial charge is 0.314 e. The van der Waals surface area contributed by atoms with E-state index in [2.05, 4.69) is 9.18 Å². The maximum absolute atomic E-state index is 4.66. The molecule has 0 saturated heterocycles. The molecule has 31 valence electrons. The van der Waals surface area contributed by atoms with E-state index in [0.717, 1.165) is 0 Å². The van der Waals surface area contributed by atoms with Crippen molar-refractivity contribution < 1.29 is 4.18 Å². The van der Waals surface area contributed by atoms with Crippen LogP contribution in [0, 0.1) is 0 Å². The molecule has 1 aliphatic heterocycles. The zero-order valence-electron chi connectivity index (χ0n) is 3.00. The van der Waals surface area contributed by atoms with Gasteiger partial charge in [-0.3, -0.25) is 0 Å². The molecule has 0 aromatic carbocycles. The van der Waals surface area contributed by atoms with Gasteiger partial charge in [0, 0.05) is 0 Å². The molecule has 0 atom stereocenters. The van der Waals surface area contributed by atoms with Crippen LogP contribution in [0.4, 0.5) is 0 Å². The van der Waals surface area contributed by atoms with Gasteiger partial charge in [-0.25, -0.2) is 0 Å². The highest BCUT2D eigenvalue weighted by Gasteiger charge is 1.92. The second-order valence-corrected chi connectivity index (χ2v) is 1.33. The predicted molar refractivity (Wildman–Crippen MR) is 26.0 cm³/mol. The van der Waals surface area contributed by atoms with E-state index in [1.165, 1.54) is 18.3 Å². The molecule has 0 aromatic heterocycles. The molecule has 0 aliphatic carbocycles. The van der Waals surface area contributed by atoms with Crippen LogP contribution in [0.15, 0.2) is 12.5 Å². The zero-order chi connectivity index (χ0) is 4.24. The van der Waals surface area contributed by atoms with Crippen LogP contribution in [-0.4, -0.2) is 5.55 Å². The average molecular weight is 101 g/mol. The van der Waals surface area contributed by atoms with Crippen LogP contribution in [0.1, 0.15) is 0 Å².